The maximum atomic E-state index is 13.0. The quantitative estimate of drug-likeness (QED) is 0.840. The smallest absolute Gasteiger partial charge is 0.342 e. The van der Waals surface area contributed by atoms with Gasteiger partial charge in [0.1, 0.15) is 11.6 Å². The fourth-order valence-electron chi connectivity index (χ4n) is 3.73. The molecule has 6 nitrogen and oxygen atoms in total. The first-order valence-corrected chi connectivity index (χ1v) is 9.20. The summed E-state index contributed by atoms with van der Waals surface area (Å²) in [5, 5.41) is 4.47. The van der Waals surface area contributed by atoms with Crippen molar-refractivity contribution < 1.29 is 9.18 Å². The molecule has 7 heteroatoms. The van der Waals surface area contributed by atoms with E-state index >= 15 is 0 Å². The normalized spacial score (nSPS) is 18.3. The van der Waals surface area contributed by atoms with Gasteiger partial charge in [0.2, 0.25) is 5.91 Å². The molecule has 2 heterocycles. The van der Waals surface area contributed by atoms with E-state index in [1.165, 1.54) is 16.8 Å². The zero-order chi connectivity index (χ0) is 18.3. The third-order valence-corrected chi connectivity index (χ3v) is 5.38. The number of aryl methyl sites for hydroxylation is 1. The lowest BCUT2D eigenvalue weighted by Gasteiger charge is -2.31. The minimum Gasteiger partial charge on any atom is -0.342 e. The molecule has 1 saturated heterocycles. The molecule has 0 N–H and O–H groups in total. The standard InChI is InChI=1S/C19H23FN4O2/c1-22-19(26)24(16-6-7-16)18(21-22)14-8-10-23(11-9-14)17(25)12-13-2-4-15(20)5-3-13/h2-5,14,16H,6-12H2,1H3. The Bertz CT molecular complexity index is 859. The first-order valence-electron chi connectivity index (χ1n) is 9.20. The average Bonchev–Trinajstić information content (AvgIpc) is 3.43. The summed E-state index contributed by atoms with van der Waals surface area (Å²) in [6.07, 6.45) is 4.03. The Balaban J connectivity index is 1.40. The number of hydrogen-bond donors (Lipinski definition) is 0. The lowest BCUT2D eigenvalue weighted by atomic mass is 9.95. The van der Waals surface area contributed by atoms with Crippen molar-refractivity contribution in [2.24, 2.45) is 7.05 Å². The van der Waals surface area contributed by atoms with Gasteiger partial charge in [0, 0.05) is 32.1 Å². The summed E-state index contributed by atoms with van der Waals surface area (Å²) < 4.78 is 16.3. The number of benzene rings is 1. The molecule has 1 saturated carbocycles. The molecule has 0 bridgehead atoms. The van der Waals surface area contributed by atoms with Gasteiger partial charge in [0.05, 0.1) is 6.42 Å². The zero-order valence-corrected chi connectivity index (χ0v) is 14.9. The van der Waals surface area contributed by atoms with Crippen LogP contribution in [0.1, 0.15) is 49.0 Å². The Hall–Kier alpha value is -2.44. The molecule has 0 spiro atoms. The van der Waals surface area contributed by atoms with Gasteiger partial charge in [-0.15, -0.1) is 0 Å². The van der Waals surface area contributed by atoms with Crippen LogP contribution in [0.25, 0.3) is 0 Å². The van der Waals surface area contributed by atoms with Crippen LogP contribution in [-0.2, 0) is 18.3 Å². The summed E-state index contributed by atoms with van der Waals surface area (Å²) in [5.41, 5.74) is 0.795. The van der Waals surface area contributed by atoms with E-state index in [9.17, 15) is 14.0 Å². The highest BCUT2D eigenvalue weighted by Crippen LogP contribution is 2.37. The first-order chi connectivity index (χ1) is 12.5. The van der Waals surface area contributed by atoms with Crippen molar-refractivity contribution in [2.75, 3.05) is 13.1 Å². The van der Waals surface area contributed by atoms with E-state index in [0.717, 1.165) is 37.1 Å². The number of carbonyl (C=O) groups is 1. The van der Waals surface area contributed by atoms with E-state index in [1.807, 2.05) is 9.47 Å². The highest BCUT2D eigenvalue weighted by Gasteiger charge is 2.34. The summed E-state index contributed by atoms with van der Waals surface area (Å²) in [7, 11) is 1.70. The van der Waals surface area contributed by atoms with E-state index in [0.29, 0.717) is 25.6 Å². The maximum absolute atomic E-state index is 13.0. The van der Waals surface area contributed by atoms with Gasteiger partial charge in [-0.3, -0.25) is 9.36 Å². The van der Waals surface area contributed by atoms with Crippen LogP contribution in [0.5, 0.6) is 0 Å². The highest BCUT2D eigenvalue weighted by molar-refractivity contribution is 5.78. The molecule has 0 atom stereocenters. The van der Waals surface area contributed by atoms with Crippen molar-refractivity contribution in [1.29, 1.82) is 0 Å². The molecule has 138 valence electrons. The summed E-state index contributed by atoms with van der Waals surface area (Å²) in [5.74, 6) is 0.875. The van der Waals surface area contributed by atoms with Crippen molar-refractivity contribution >= 4 is 5.91 Å². The van der Waals surface area contributed by atoms with Crippen LogP contribution in [-0.4, -0.2) is 38.2 Å². The molecular formula is C19H23FN4O2. The van der Waals surface area contributed by atoms with E-state index in [1.54, 1.807) is 19.2 Å². The molecule has 2 aromatic rings. The largest absolute Gasteiger partial charge is 0.345 e. The lowest BCUT2D eigenvalue weighted by Crippen LogP contribution is -2.39. The molecule has 1 amide bonds. The molecular weight excluding hydrogens is 335 g/mol. The number of rotatable bonds is 4. The topological polar surface area (TPSA) is 60.1 Å². The Morgan fingerprint density at radius 1 is 1.15 bits per heavy atom. The number of nitrogens with zero attached hydrogens (tertiary/aromatic N) is 4. The molecule has 2 fully saturated rings. The van der Waals surface area contributed by atoms with Crippen molar-refractivity contribution in [1.82, 2.24) is 19.2 Å². The van der Waals surface area contributed by atoms with E-state index < -0.39 is 0 Å². The van der Waals surface area contributed by atoms with Crippen molar-refractivity contribution in [3.05, 3.63) is 52.0 Å². The van der Waals surface area contributed by atoms with Gasteiger partial charge in [-0.25, -0.2) is 13.9 Å². The van der Waals surface area contributed by atoms with E-state index in [4.69, 9.17) is 0 Å². The molecule has 1 aromatic heterocycles. The van der Waals surface area contributed by atoms with Crippen LogP contribution < -0.4 is 5.69 Å². The predicted molar refractivity (Wildman–Crippen MR) is 94.4 cm³/mol. The monoisotopic (exact) mass is 358 g/mol. The SMILES string of the molecule is Cn1nc(C2CCN(C(=O)Cc3ccc(F)cc3)CC2)n(C2CC2)c1=O. The Kier molecular flexibility index (Phi) is 4.38. The molecule has 26 heavy (non-hydrogen) atoms. The second-order valence-electron chi connectivity index (χ2n) is 7.32. The van der Waals surface area contributed by atoms with Crippen LogP contribution in [0.15, 0.2) is 29.1 Å². The second-order valence-corrected chi connectivity index (χ2v) is 7.32. The summed E-state index contributed by atoms with van der Waals surface area (Å²) in [6, 6.07) is 6.38. The Morgan fingerprint density at radius 2 is 1.81 bits per heavy atom. The van der Waals surface area contributed by atoms with Gasteiger partial charge in [-0.05, 0) is 43.4 Å². The predicted octanol–water partition coefficient (Wildman–Crippen LogP) is 2.00. The zero-order valence-electron chi connectivity index (χ0n) is 14.9. The summed E-state index contributed by atoms with van der Waals surface area (Å²) in [6.45, 7) is 1.33. The number of aromatic nitrogens is 3. The van der Waals surface area contributed by atoms with E-state index in [-0.39, 0.29) is 23.3 Å². The van der Waals surface area contributed by atoms with Crippen LogP contribution in [0.2, 0.25) is 0 Å². The lowest BCUT2D eigenvalue weighted by molar-refractivity contribution is -0.131. The van der Waals surface area contributed by atoms with Crippen molar-refractivity contribution in [3.8, 4) is 0 Å². The fraction of sp³-hybridized carbons (Fsp3) is 0.526. The number of amides is 1. The number of hydrogen-bond acceptors (Lipinski definition) is 3. The minimum atomic E-state index is -0.293. The number of likely N-dealkylation sites (tertiary alicyclic amines) is 1. The van der Waals surface area contributed by atoms with E-state index in [2.05, 4.69) is 5.10 Å². The summed E-state index contributed by atoms with van der Waals surface area (Å²) in [4.78, 5) is 26.6. The van der Waals surface area contributed by atoms with Gasteiger partial charge >= 0.3 is 5.69 Å². The number of halogens is 1. The third-order valence-electron chi connectivity index (χ3n) is 5.38. The molecule has 2 aliphatic rings. The first kappa shape index (κ1) is 17.0. The van der Waals surface area contributed by atoms with Gasteiger partial charge in [-0.2, -0.15) is 5.10 Å². The van der Waals surface area contributed by atoms with Crippen LogP contribution in [0.4, 0.5) is 4.39 Å². The molecule has 0 radical (unpaired) electrons. The van der Waals surface area contributed by atoms with Crippen molar-refractivity contribution in [2.45, 2.75) is 44.1 Å². The van der Waals surface area contributed by atoms with Gasteiger partial charge < -0.3 is 4.90 Å². The van der Waals surface area contributed by atoms with Crippen LogP contribution in [0.3, 0.4) is 0 Å². The third kappa shape index (κ3) is 3.30. The van der Waals surface area contributed by atoms with Gasteiger partial charge in [-0.1, -0.05) is 12.1 Å². The fourth-order valence-corrected chi connectivity index (χ4v) is 3.73. The average molecular weight is 358 g/mol. The summed E-state index contributed by atoms with van der Waals surface area (Å²) >= 11 is 0. The number of piperidine rings is 1. The molecule has 1 aliphatic carbocycles. The highest BCUT2D eigenvalue weighted by atomic mass is 19.1. The second kappa shape index (κ2) is 6.70. The maximum Gasteiger partial charge on any atom is 0.345 e. The molecule has 4 rings (SSSR count). The van der Waals surface area contributed by atoms with Crippen LogP contribution >= 0.6 is 0 Å². The minimum absolute atomic E-state index is 0.0303. The molecule has 1 aromatic carbocycles. The van der Waals surface area contributed by atoms with Crippen LogP contribution in [0, 0.1) is 5.82 Å². The Morgan fingerprint density at radius 3 is 2.42 bits per heavy atom. The van der Waals surface area contributed by atoms with Gasteiger partial charge in [0.25, 0.3) is 0 Å². The molecule has 1 aliphatic heterocycles. The van der Waals surface area contributed by atoms with Crippen molar-refractivity contribution in [3.63, 3.8) is 0 Å². The number of carbonyl (C=O) groups excluding carboxylic acids is 1. The molecule has 0 unspecified atom stereocenters. The van der Waals surface area contributed by atoms with Gasteiger partial charge in [0.15, 0.2) is 0 Å². The Labute approximate surface area is 151 Å².